The number of hydrogen-bond acceptors (Lipinski definition) is 3. The predicted octanol–water partition coefficient (Wildman–Crippen LogP) is 4.19. The molecule has 6 heteroatoms. The van der Waals surface area contributed by atoms with Gasteiger partial charge in [0.15, 0.2) is 0 Å². The highest BCUT2D eigenvalue weighted by molar-refractivity contribution is 6.04. The van der Waals surface area contributed by atoms with Gasteiger partial charge in [0.2, 0.25) is 11.8 Å². The van der Waals surface area contributed by atoms with Crippen LogP contribution in [0.15, 0.2) is 78.9 Å². The number of anilines is 2. The van der Waals surface area contributed by atoms with E-state index in [4.69, 9.17) is 0 Å². The van der Waals surface area contributed by atoms with E-state index < -0.39 is 12.0 Å². The van der Waals surface area contributed by atoms with Crippen molar-refractivity contribution in [2.24, 2.45) is 0 Å². The molecule has 3 aromatic rings. The van der Waals surface area contributed by atoms with Crippen LogP contribution in [0.1, 0.15) is 40.4 Å². The molecule has 3 aromatic carbocycles. The third-order valence-electron chi connectivity index (χ3n) is 5.45. The molecule has 0 unspecified atom stereocenters. The Hall–Kier alpha value is -3.93. The van der Waals surface area contributed by atoms with Gasteiger partial charge in [-0.1, -0.05) is 54.6 Å². The van der Waals surface area contributed by atoms with Gasteiger partial charge in [0, 0.05) is 30.9 Å². The monoisotopic (exact) mass is 413 g/mol. The van der Waals surface area contributed by atoms with E-state index in [2.05, 4.69) is 10.6 Å². The van der Waals surface area contributed by atoms with E-state index in [9.17, 15) is 14.4 Å². The molecular formula is C25H23N3O3. The molecule has 156 valence electrons. The Morgan fingerprint density at radius 3 is 2.19 bits per heavy atom. The maximum atomic E-state index is 13.6. The van der Waals surface area contributed by atoms with Gasteiger partial charge in [-0.2, -0.15) is 0 Å². The zero-order chi connectivity index (χ0) is 22.0. The first-order valence-corrected chi connectivity index (χ1v) is 10.1. The average molecular weight is 413 g/mol. The summed E-state index contributed by atoms with van der Waals surface area (Å²) in [7, 11) is 1.73. The van der Waals surface area contributed by atoms with Gasteiger partial charge in [-0.05, 0) is 35.4 Å². The Kier molecular flexibility index (Phi) is 5.54. The number of benzene rings is 3. The standard InChI is InChI=1S/C25H23N3O3/c1-16(29)26-18-11-8-12-19(15-18)27-24(30)22-20-13-6-7-14-21(20)25(31)28(2)23(22)17-9-4-3-5-10-17/h3-15,22-23H,1-2H3,(H,26,29)(H,27,30)/t22-,23+/m1/s1. The average Bonchev–Trinajstić information content (AvgIpc) is 2.76. The molecule has 1 heterocycles. The third-order valence-corrected chi connectivity index (χ3v) is 5.45. The summed E-state index contributed by atoms with van der Waals surface area (Å²) in [5.41, 5.74) is 3.29. The van der Waals surface area contributed by atoms with Crippen molar-refractivity contribution in [3.05, 3.63) is 95.6 Å². The second kappa shape index (κ2) is 8.44. The summed E-state index contributed by atoms with van der Waals surface area (Å²) in [6.45, 7) is 1.43. The van der Waals surface area contributed by atoms with E-state index in [1.165, 1.54) is 6.92 Å². The summed E-state index contributed by atoms with van der Waals surface area (Å²) in [5, 5.41) is 5.69. The van der Waals surface area contributed by atoms with Gasteiger partial charge in [-0.25, -0.2) is 0 Å². The maximum Gasteiger partial charge on any atom is 0.254 e. The topological polar surface area (TPSA) is 78.5 Å². The SMILES string of the molecule is CC(=O)Nc1cccc(NC(=O)[C@@H]2c3ccccc3C(=O)N(C)[C@H]2c2ccccc2)c1. The number of nitrogens with zero attached hydrogens (tertiary/aromatic N) is 1. The van der Waals surface area contributed by atoms with Crippen LogP contribution in [0.4, 0.5) is 11.4 Å². The molecule has 0 fully saturated rings. The number of carbonyl (C=O) groups is 3. The van der Waals surface area contributed by atoms with Gasteiger partial charge >= 0.3 is 0 Å². The van der Waals surface area contributed by atoms with Gasteiger partial charge in [-0.3, -0.25) is 14.4 Å². The van der Waals surface area contributed by atoms with Crippen molar-refractivity contribution in [1.82, 2.24) is 4.90 Å². The van der Waals surface area contributed by atoms with Gasteiger partial charge in [0.1, 0.15) is 0 Å². The Morgan fingerprint density at radius 1 is 0.839 bits per heavy atom. The lowest BCUT2D eigenvalue weighted by Crippen LogP contribution is -2.44. The normalized spacial score (nSPS) is 17.6. The zero-order valence-corrected chi connectivity index (χ0v) is 17.3. The second-order valence-electron chi connectivity index (χ2n) is 7.59. The third kappa shape index (κ3) is 4.05. The summed E-state index contributed by atoms with van der Waals surface area (Å²) in [5.74, 6) is -1.11. The van der Waals surface area contributed by atoms with E-state index >= 15 is 0 Å². The molecule has 2 N–H and O–H groups in total. The lowest BCUT2D eigenvalue weighted by Gasteiger charge is -2.39. The molecule has 0 aromatic heterocycles. The van der Waals surface area contributed by atoms with E-state index in [0.717, 1.165) is 5.56 Å². The molecule has 1 aliphatic heterocycles. The molecule has 0 aliphatic carbocycles. The number of nitrogens with one attached hydrogen (secondary N) is 2. The molecule has 6 nitrogen and oxygen atoms in total. The molecule has 0 saturated carbocycles. The minimum Gasteiger partial charge on any atom is -0.334 e. The van der Waals surface area contributed by atoms with Crippen LogP contribution in [0.25, 0.3) is 0 Å². The molecule has 31 heavy (non-hydrogen) atoms. The molecule has 4 rings (SSSR count). The number of amides is 3. The summed E-state index contributed by atoms with van der Waals surface area (Å²) >= 11 is 0. The minimum atomic E-state index is -0.592. The van der Waals surface area contributed by atoms with Crippen LogP contribution in [-0.4, -0.2) is 29.7 Å². The van der Waals surface area contributed by atoms with Crippen LogP contribution < -0.4 is 10.6 Å². The maximum absolute atomic E-state index is 13.6. The first-order chi connectivity index (χ1) is 15.0. The number of hydrogen-bond donors (Lipinski definition) is 2. The van der Waals surface area contributed by atoms with Crippen molar-refractivity contribution in [2.45, 2.75) is 18.9 Å². The van der Waals surface area contributed by atoms with Crippen LogP contribution in [0.3, 0.4) is 0 Å². The molecule has 3 amide bonds. The van der Waals surface area contributed by atoms with Gasteiger partial charge in [-0.15, -0.1) is 0 Å². The van der Waals surface area contributed by atoms with Crippen LogP contribution in [-0.2, 0) is 9.59 Å². The zero-order valence-electron chi connectivity index (χ0n) is 17.3. The van der Waals surface area contributed by atoms with E-state index in [1.807, 2.05) is 42.5 Å². The molecule has 1 aliphatic rings. The van der Waals surface area contributed by atoms with Gasteiger partial charge < -0.3 is 15.5 Å². The summed E-state index contributed by atoms with van der Waals surface area (Å²) in [4.78, 5) is 39.6. The fourth-order valence-electron chi connectivity index (χ4n) is 4.12. The fraction of sp³-hybridized carbons (Fsp3) is 0.160. The Labute approximate surface area is 180 Å². The second-order valence-corrected chi connectivity index (χ2v) is 7.59. The van der Waals surface area contributed by atoms with Crippen LogP contribution in [0, 0.1) is 0 Å². The fourth-order valence-corrected chi connectivity index (χ4v) is 4.12. The Bertz CT molecular complexity index is 1140. The molecule has 0 radical (unpaired) electrons. The van der Waals surface area contributed by atoms with E-state index in [1.54, 1.807) is 48.3 Å². The van der Waals surface area contributed by atoms with Gasteiger partial charge in [0.25, 0.3) is 5.91 Å². The van der Waals surface area contributed by atoms with Crippen molar-refractivity contribution >= 4 is 29.1 Å². The van der Waals surface area contributed by atoms with E-state index in [-0.39, 0.29) is 17.7 Å². The van der Waals surface area contributed by atoms with Crippen molar-refractivity contribution in [1.29, 1.82) is 0 Å². The summed E-state index contributed by atoms with van der Waals surface area (Å²) in [6, 6.07) is 23.4. The number of likely N-dealkylation sites (N-methyl/N-ethyl adjacent to an activating group) is 1. The van der Waals surface area contributed by atoms with Crippen LogP contribution in [0.5, 0.6) is 0 Å². The number of rotatable bonds is 4. The molecule has 2 atom stereocenters. The van der Waals surface area contributed by atoms with Crippen molar-refractivity contribution in [3.63, 3.8) is 0 Å². The first kappa shape index (κ1) is 20.3. The lowest BCUT2D eigenvalue weighted by molar-refractivity contribution is -0.119. The van der Waals surface area contributed by atoms with Crippen LogP contribution in [0.2, 0.25) is 0 Å². The quantitative estimate of drug-likeness (QED) is 0.673. The number of carbonyl (C=O) groups excluding carboxylic acids is 3. The highest BCUT2D eigenvalue weighted by Crippen LogP contribution is 2.42. The molecular weight excluding hydrogens is 390 g/mol. The minimum absolute atomic E-state index is 0.110. The summed E-state index contributed by atoms with van der Waals surface area (Å²) in [6.07, 6.45) is 0. The van der Waals surface area contributed by atoms with Crippen molar-refractivity contribution < 1.29 is 14.4 Å². The number of fused-ring (bicyclic) bond motifs is 1. The molecule has 0 bridgehead atoms. The van der Waals surface area contributed by atoms with Crippen molar-refractivity contribution in [3.8, 4) is 0 Å². The smallest absolute Gasteiger partial charge is 0.254 e. The highest BCUT2D eigenvalue weighted by atomic mass is 16.2. The lowest BCUT2D eigenvalue weighted by atomic mass is 9.79. The Morgan fingerprint density at radius 2 is 1.48 bits per heavy atom. The predicted molar refractivity (Wildman–Crippen MR) is 120 cm³/mol. The van der Waals surface area contributed by atoms with Crippen molar-refractivity contribution in [2.75, 3.05) is 17.7 Å². The Balaban J connectivity index is 1.74. The molecule has 0 spiro atoms. The van der Waals surface area contributed by atoms with E-state index in [0.29, 0.717) is 22.5 Å². The highest BCUT2D eigenvalue weighted by Gasteiger charge is 2.42. The summed E-state index contributed by atoms with van der Waals surface area (Å²) < 4.78 is 0. The first-order valence-electron chi connectivity index (χ1n) is 10.1. The van der Waals surface area contributed by atoms with Gasteiger partial charge in [0.05, 0.1) is 12.0 Å². The largest absolute Gasteiger partial charge is 0.334 e. The molecule has 0 saturated heterocycles. The van der Waals surface area contributed by atoms with Crippen LogP contribution >= 0.6 is 0 Å².